The van der Waals surface area contributed by atoms with Crippen molar-refractivity contribution in [3.63, 3.8) is 0 Å². The van der Waals surface area contributed by atoms with E-state index in [0.717, 1.165) is 6.07 Å². The average Bonchev–Trinajstić information content (AvgIpc) is 2.36. The second kappa shape index (κ2) is 6.25. The van der Waals surface area contributed by atoms with E-state index in [9.17, 15) is 19.9 Å². The monoisotopic (exact) mass is 291 g/mol. The molecule has 0 bridgehead atoms. The minimum atomic E-state index is -3.67. The summed E-state index contributed by atoms with van der Waals surface area (Å²) in [7, 11) is -3.67. The Morgan fingerprint density at radius 1 is 1.16 bits per heavy atom. The van der Waals surface area contributed by atoms with E-state index in [1.807, 2.05) is 0 Å². The van der Waals surface area contributed by atoms with Gasteiger partial charge in [0.25, 0.3) is 0 Å². The van der Waals surface area contributed by atoms with Crippen LogP contribution in [0.4, 0.5) is 0 Å². The van der Waals surface area contributed by atoms with Crippen LogP contribution >= 0.6 is 7.60 Å². The first-order valence-electron chi connectivity index (χ1n) is 5.75. The number of hydrogen-bond acceptors (Lipinski definition) is 7. The third-order valence-electron chi connectivity index (χ3n) is 2.44. The van der Waals surface area contributed by atoms with Gasteiger partial charge in [0, 0.05) is 5.56 Å². The van der Waals surface area contributed by atoms with Crippen LogP contribution in [-0.2, 0) is 13.6 Å². The van der Waals surface area contributed by atoms with Gasteiger partial charge in [-0.2, -0.15) is 0 Å². The summed E-state index contributed by atoms with van der Waals surface area (Å²) in [5, 5.41) is 28.4. The lowest BCUT2D eigenvalue weighted by molar-refractivity contribution is 0.211. The molecular formula is C11H18NO6P. The molecule has 0 saturated carbocycles. The third kappa shape index (κ3) is 3.19. The van der Waals surface area contributed by atoms with Gasteiger partial charge in [-0.3, -0.25) is 4.57 Å². The molecule has 1 aromatic carbocycles. The van der Waals surface area contributed by atoms with Gasteiger partial charge in [-0.05, 0) is 26.0 Å². The quantitative estimate of drug-likeness (QED) is 0.467. The minimum Gasteiger partial charge on any atom is -0.504 e. The van der Waals surface area contributed by atoms with Gasteiger partial charge in [-0.25, -0.2) is 0 Å². The van der Waals surface area contributed by atoms with Crippen molar-refractivity contribution < 1.29 is 28.9 Å². The zero-order valence-electron chi connectivity index (χ0n) is 10.7. The summed E-state index contributed by atoms with van der Waals surface area (Å²) >= 11 is 0. The number of benzene rings is 1. The van der Waals surface area contributed by atoms with E-state index in [4.69, 9.17) is 14.8 Å². The lowest BCUT2D eigenvalue weighted by Gasteiger charge is -2.24. The van der Waals surface area contributed by atoms with Crippen molar-refractivity contribution >= 4 is 7.60 Å². The standard InChI is InChI=1S/C11H18NO6P/c1-3-17-19(16,18-4-2)11(12)7-5-6-8(13)10(15)9(7)14/h5-6,11,13-15H,3-4,12H2,1-2H3/t11-/m1/s1. The zero-order chi connectivity index (χ0) is 14.6. The van der Waals surface area contributed by atoms with E-state index in [0.29, 0.717) is 0 Å². The van der Waals surface area contributed by atoms with Gasteiger partial charge in [-0.1, -0.05) is 0 Å². The van der Waals surface area contributed by atoms with E-state index >= 15 is 0 Å². The molecule has 0 amide bonds. The highest BCUT2D eigenvalue weighted by Gasteiger charge is 2.36. The predicted molar refractivity (Wildman–Crippen MR) is 69.2 cm³/mol. The van der Waals surface area contributed by atoms with Crippen molar-refractivity contribution in [2.75, 3.05) is 13.2 Å². The highest BCUT2D eigenvalue weighted by Crippen LogP contribution is 2.60. The molecule has 1 rings (SSSR count). The Kier molecular flexibility index (Phi) is 5.20. The molecule has 5 N–H and O–H groups in total. The van der Waals surface area contributed by atoms with Crippen LogP contribution in [0, 0.1) is 0 Å². The summed E-state index contributed by atoms with van der Waals surface area (Å²) in [5.74, 6) is -3.14. The van der Waals surface area contributed by atoms with Crippen molar-refractivity contribution in [2.45, 2.75) is 19.6 Å². The molecule has 0 radical (unpaired) electrons. The number of nitrogens with two attached hydrogens (primary N) is 1. The lowest BCUT2D eigenvalue weighted by atomic mass is 10.1. The van der Waals surface area contributed by atoms with Gasteiger partial charge in [0.05, 0.1) is 13.2 Å². The fourth-order valence-corrected chi connectivity index (χ4v) is 3.22. The second-order valence-electron chi connectivity index (χ2n) is 3.69. The number of hydrogen-bond donors (Lipinski definition) is 4. The molecule has 0 saturated heterocycles. The van der Waals surface area contributed by atoms with Crippen molar-refractivity contribution in [3.8, 4) is 17.2 Å². The van der Waals surface area contributed by atoms with Crippen LogP contribution in [0.2, 0.25) is 0 Å². The topological polar surface area (TPSA) is 122 Å². The smallest absolute Gasteiger partial charge is 0.351 e. The SMILES string of the molecule is CCOP(=O)(OCC)[C@@H](N)c1ccc(O)c(O)c1O. The Balaban J connectivity index is 3.21. The Hall–Kier alpha value is -1.27. The van der Waals surface area contributed by atoms with Gasteiger partial charge in [0.15, 0.2) is 11.5 Å². The van der Waals surface area contributed by atoms with E-state index in [1.165, 1.54) is 6.07 Å². The van der Waals surface area contributed by atoms with Gasteiger partial charge in [-0.15, -0.1) is 0 Å². The summed E-state index contributed by atoms with van der Waals surface area (Å²) in [6, 6.07) is 2.38. The first kappa shape index (κ1) is 15.8. The molecule has 0 aliphatic heterocycles. The van der Waals surface area contributed by atoms with Gasteiger partial charge in [0.2, 0.25) is 5.75 Å². The average molecular weight is 291 g/mol. The molecule has 1 atom stereocenters. The van der Waals surface area contributed by atoms with Crippen LogP contribution in [0.15, 0.2) is 12.1 Å². The van der Waals surface area contributed by atoms with E-state index < -0.39 is 30.6 Å². The normalized spacial score (nSPS) is 13.4. The first-order valence-corrected chi connectivity index (χ1v) is 7.36. The fraction of sp³-hybridized carbons (Fsp3) is 0.455. The molecule has 1 aromatic rings. The Morgan fingerprint density at radius 2 is 1.68 bits per heavy atom. The van der Waals surface area contributed by atoms with Gasteiger partial charge >= 0.3 is 7.60 Å². The Labute approximate surface area is 111 Å². The summed E-state index contributed by atoms with van der Waals surface area (Å²) in [6.07, 6.45) is 0. The number of rotatable bonds is 6. The zero-order valence-corrected chi connectivity index (χ0v) is 11.6. The predicted octanol–water partition coefficient (Wildman–Crippen LogP) is 2.03. The van der Waals surface area contributed by atoms with E-state index in [-0.39, 0.29) is 18.8 Å². The van der Waals surface area contributed by atoms with Crippen molar-refractivity contribution in [3.05, 3.63) is 17.7 Å². The molecule has 0 aliphatic carbocycles. The first-order chi connectivity index (χ1) is 8.87. The van der Waals surface area contributed by atoms with Crippen LogP contribution in [0.5, 0.6) is 17.2 Å². The molecule has 8 heteroatoms. The van der Waals surface area contributed by atoms with Crippen molar-refractivity contribution in [1.82, 2.24) is 0 Å². The van der Waals surface area contributed by atoms with Gasteiger partial charge < -0.3 is 30.1 Å². The fourth-order valence-electron chi connectivity index (χ4n) is 1.55. The molecule has 0 fully saturated rings. The van der Waals surface area contributed by atoms with E-state index in [2.05, 4.69) is 0 Å². The van der Waals surface area contributed by atoms with Crippen LogP contribution < -0.4 is 5.73 Å². The summed E-state index contributed by atoms with van der Waals surface area (Å²) < 4.78 is 22.6. The molecule has 0 unspecified atom stereocenters. The van der Waals surface area contributed by atoms with Crippen LogP contribution in [-0.4, -0.2) is 28.5 Å². The Morgan fingerprint density at radius 3 is 2.16 bits per heavy atom. The maximum absolute atomic E-state index is 12.4. The molecule has 108 valence electrons. The molecule has 19 heavy (non-hydrogen) atoms. The number of phenolic OH excluding ortho intramolecular Hbond substituents is 3. The molecule has 0 spiro atoms. The number of aromatic hydroxyl groups is 3. The Bertz CT molecular complexity index is 482. The second-order valence-corrected chi connectivity index (χ2v) is 5.84. The molecule has 0 aromatic heterocycles. The molecule has 7 nitrogen and oxygen atoms in total. The van der Waals surface area contributed by atoms with Crippen molar-refractivity contribution in [1.29, 1.82) is 0 Å². The molecular weight excluding hydrogens is 273 g/mol. The van der Waals surface area contributed by atoms with Crippen molar-refractivity contribution in [2.24, 2.45) is 5.73 Å². The highest BCUT2D eigenvalue weighted by molar-refractivity contribution is 7.54. The summed E-state index contributed by atoms with van der Waals surface area (Å²) in [6.45, 7) is 3.50. The molecule has 0 aliphatic rings. The maximum Gasteiger partial charge on any atom is 0.351 e. The third-order valence-corrected chi connectivity index (χ3v) is 4.63. The largest absolute Gasteiger partial charge is 0.504 e. The minimum absolute atomic E-state index is 0.0273. The van der Waals surface area contributed by atoms with Crippen LogP contribution in [0.3, 0.4) is 0 Å². The number of phenols is 3. The van der Waals surface area contributed by atoms with Gasteiger partial charge in [0.1, 0.15) is 5.78 Å². The van der Waals surface area contributed by atoms with Crippen LogP contribution in [0.1, 0.15) is 25.2 Å². The molecule has 0 heterocycles. The van der Waals surface area contributed by atoms with E-state index in [1.54, 1.807) is 13.8 Å². The highest BCUT2D eigenvalue weighted by atomic mass is 31.2. The maximum atomic E-state index is 12.4. The van der Waals surface area contributed by atoms with Crippen LogP contribution in [0.25, 0.3) is 0 Å². The summed E-state index contributed by atoms with van der Waals surface area (Å²) in [4.78, 5) is 0. The summed E-state index contributed by atoms with van der Waals surface area (Å²) in [5.41, 5.74) is 5.77. The lowest BCUT2D eigenvalue weighted by Crippen LogP contribution is -2.15.